The minimum Gasteiger partial charge on any atom is -0.370 e. The first-order valence-corrected chi connectivity index (χ1v) is 7.97. The number of para-hydroxylation sites is 1. The van der Waals surface area contributed by atoms with Gasteiger partial charge in [-0.05, 0) is 32.9 Å². The molecule has 1 aromatic carbocycles. The molecule has 2 amide bonds. The maximum atomic E-state index is 13.1. The van der Waals surface area contributed by atoms with Gasteiger partial charge in [-0.3, -0.25) is 14.3 Å². The van der Waals surface area contributed by atoms with Crippen LogP contribution in [0.15, 0.2) is 30.3 Å². The van der Waals surface area contributed by atoms with Crippen molar-refractivity contribution in [3.05, 3.63) is 47.3 Å². The van der Waals surface area contributed by atoms with Gasteiger partial charge in [0.1, 0.15) is 0 Å². The topological polar surface area (TPSA) is 81.2 Å². The molecule has 0 fully saturated rings. The number of nitrogens with two attached hydrogens (primary N) is 1. The fourth-order valence-electron chi connectivity index (χ4n) is 2.97. The van der Waals surface area contributed by atoms with Gasteiger partial charge < -0.3 is 10.6 Å². The van der Waals surface area contributed by atoms with Gasteiger partial charge in [-0.2, -0.15) is 5.10 Å². The first-order chi connectivity index (χ1) is 11.3. The molecule has 0 saturated carbocycles. The Labute approximate surface area is 142 Å². The molecule has 1 atom stereocenters. The van der Waals surface area contributed by atoms with Gasteiger partial charge in [0, 0.05) is 37.0 Å². The number of rotatable bonds is 6. The van der Waals surface area contributed by atoms with Crippen LogP contribution in [0, 0.1) is 13.8 Å². The first-order valence-electron chi connectivity index (χ1n) is 7.97. The number of hydrogen-bond donors (Lipinski definition) is 1. The number of primary amides is 1. The quantitative estimate of drug-likeness (QED) is 0.881. The van der Waals surface area contributed by atoms with Gasteiger partial charge in [0.25, 0.3) is 0 Å². The Balaban J connectivity index is 2.34. The van der Waals surface area contributed by atoms with Crippen LogP contribution in [0.1, 0.15) is 36.2 Å². The highest BCUT2D eigenvalue weighted by molar-refractivity contribution is 5.98. The first kappa shape index (κ1) is 17.7. The van der Waals surface area contributed by atoms with Crippen molar-refractivity contribution in [3.8, 4) is 0 Å². The molecule has 2 aromatic rings. The second-order valence-electron chi connectivity index (χ2n) is 5.97. The fourth-order valence-corrected chi connectivity index (χ4v) is 2.97. The summed E-state index contributed by atoms with van der Waals surface area (Å²) in [4.78, 5) is 25.9. The molecule has 0 aliphatic heterocycles. The lowest BCUT2D eigenvalue weighted by atomic mass is 9.97. The summed E-state index contributed by atoms with van der Waals surface area (Å²) in [7, 11) is 1.87. The summed E-state index contributed by atoms with van der Waals surface area (Å²) in [6.45, 7) is 6.00. The van der Waals surface area contributed by atoms with E-state index >= 15 is 0 Å². The van der Waals surface area contributed by atoms with Crippen LogP contribution in [-0.4, -0.2) is 28.1 Å². The fraction of sp³-hybridized carbons (Fsp3) is 0.389. The van der Waals surface area contributed by atoms with Crippen molar-refractivity contribution < 1.29 is 9.59 Å². The highest BCUT2D eigenvalue weighted by Gasteiger charge is 2.27. The van der Waals surface area contributed by atoms with E-state index in [1.54, 1.807) is 9.58 Å². The summed E-state index contributed by atoms with van der Waals surface area (Å²) < 4.78 is 1.78. The molecule has 6 heteroatoms. The molecule has 0 saturated heterocycles. The van der Waals surface area contributed by atoms with Crippen LogP contribution in [-0.2, 0) is 16.6 Å². The molecule has 0 aliphatic carbocycles. The maximum Gasteiger partial charge on any atom is 0.234 e. The normalized spacial score (nSPS) is 12.0. The van der Waals surface area contributed by atoms with Crippen molar-refractivity contribution in [2.75, 3.05) is 11.4 Å². The van der Waals surface area contributed by atoms with Crippen molar-refractivity contribution in [3.63, 3.8) is 0 Å². The third kappa shape index (κ3) is 3.64. The van der Waals surface area contributed by atoms with E-state index in [0.29, 0.717) is 0 Å². The Kier molecular flexibility index (Phi) is 5.39. The molecular weight excluding hydrogens is 304 g/mol. The number of benzene rings is 1. The van der Waals surface area contributed by atoms with Crippen LogP contribution in [0.4, 0.5) is 5.69 Å². The lowest BCUT2D eigenvalue weighted by Crippen LogP contribution is -2.37. The van der Waals surface area contributed by atoms with E-state index in [1.165, 1.54) is 0 Å². The molecule has 0 aliphatic rings. The predicted molar refractivity (Wildman–Crippen MR) is 93.7 cm³/mol. The van der Waals surface area contributed by atoms with Crippen molar-refractivity contribution >= 4 is 17.5 Å². The summed E-state index contributed by atoms with van der Waals surface area (Å²) in [6, 6.07) is 9.33. The molecule has 1 aromatic heterocycles. The van der Waals surface area contributed by atoms with Gasteiger partial charge in [0.05, 0.1) is 11.6 Å². The second-order valence-corrected chi connectivity index (χ2v) is 5.97. The minimum absolute atomic E-state index is 0.0679. The Morgan fingerprint density at radius 1 is 1.25 bits per heavy atom. The molecule has 2 N–H and O–H groups in total. The third-order valence-corrected chi connectivity index (χ3v) is 4.28. The smallest absolute Gasteiger partial charge is 0.234 e. The van der Waals surface area contributed by atoms with Gasteiger partial charge in [-0.15, -0.1) is 0 Å². The number of amides is 2. The van der Waals surface area contributed by atoms with E-state index in [1.807, 2.05) is 58.2 Å². The van der Waals surface area contributed by atoms with Crippen LogP contribution in [0.5, 0.6) is 0 Å². The number of hydrogen-bond acceptors (Lipinski definition) is 3. The lowest BCUT2D eigenvalue weighted by molar-refractivity contribution is -0.120. The van der Waals surface area contributed by atoms with E-state index in [-0.39, 0.29) is 24.8 Å². The monoisotopic (exact) mass is 328 g/mol. The van der Waals surface area contributed by atoms with E-state index in [2.05, 4.69) is 5.10 Å². The molecule has 128 valence electrons. The highest BCUT2D eigenvalue weighted by atomic mass is 16.2. The maximum absolute atomic E-state index is 13.1. The van der Waals surface area contributed by atoms with Crippen LogP contribution >= 0.6 is 0 Å². The molecule has 1 heterocycles. The zero-order valence-corrected chi connectivity index (χ0v) is 14.6. The standard InChI is InChI=1S/C18H24N4O2/c1-12(17-13(2)20-21(4)14(17)3)18(24)22(11-10-16(19)23)15-8-6-5-7-9-15/h5-9,12H,10-11H2,1-4H3,(H2,19,23)/t12-/m1/s1. The summed E-state index contributed by atoms with van der Waals surface area (Å²) in [5.41, 5.74) is 8.77. The average Bonchev–Trinajstić information content (AvgIpc) is 2.80. The van der Waals surface area contributed by atoms with Crippen LogP contribution in [0.25, 0.3) is 0 Å². The number of aryl methyl sites for hydroxylation is 2. The Morgan fingerprint density at radius 3 is 2.38 bits per heavy atom. The van der Waals surface area contributed by atoms with Gasteiger partial charge in [-0.1, -0.05) is 18.2 Å². The Morgan fingerprint density at radius 2 is 1.88 bits per heavy atom. The van der Waals surface area contributed by atoms with Crippen molar-refractivity contribution in [2.45, 2.75) is 33.1 Å². The van der Waals surface area contributed by atoms with E-state index in [0.717, 1.165) is 22.6 Å². The third-order valence-electron chi connectivity index (χ3n) is 4.28. The number of aromatic nitrogens is 2. The van der Waals surface area contributed by atoms with E-state index in [9.17, 15) is 9.59 Å². The highest BCUT2D eigenvalue weighted by Crippen LogP contribution is 2.27. The van der Waals surface area contributed by atoms with Crippen LogP contribution in [0.2, 0.25) is 0 Å². The zero-order chi connectivity index (χ0) is 17.9. The summed E-state index contributed by atoms with van der Waals surface area (Å²) in [5.74, 6) is -0.849. The van der Waals surface area contributed by atoms with Gasteiger partial charge in [-0.25, -0.2) is 0 Å². The number of anilines is 1. The predicted octanol–water partition coefficient (Wildman–Crippen LogP) is 2.05. The van der Waals surface area contributed by atoms with Crippen LogP contribution < -0.4 is 10.6 Å². The SMILES string of the molecule is Cc1nn(C)c(C)c1[C@@H](C)C(=O)N(CCC(N)=O)c1ccccc1. The van der Waals surface area contributed by atoms with Crippen LogP contribution in [0.3, 0.4) is 0 Å². The Bertz CT molecular complexity index is 737. The van der Waals surface area contributed by atoms with Gasteiger partial charge >= 0.3 is 0 Å². The van der Waals surface area contributed by atoms with E-state index in [4.69, 9.17) is 5.73 Å². The van der Waals surface area contributed by atoms with Gasteiger partial charge in [0.2, 0.25) is 11.8 Å². The average molecular weight is 328 g/mol. The number of carbonyl (C=O) groups excluding carboxylic acids is 2. The summed E-state index contributed by atoms with van der Waals surface area (Å²) >= 11 is 0. The van der Waals surface area contributed by atoms with Crippen molar-refractivity contribution in [1.29, 1.82) is 0 Å². The molecule has 0 spiro atoms. The van der Waals surface area contributed by atoms with E-state index < -0.39 is 5.91 Å². The number of nitrogens with zero attached hydrogens (tertiary/aromatic N) is 3. The Hall–Kier alpha value is -2.63. The molecule has 0 unspecified atom stereocenters. The summed E-state index contributed by atoms with van der Waals surface area (Å²) in [5, 5.41) is 4.39. The lowest BCUT2D eigenvalue weighted by Gasteiger charge is -2.26. The zero-order valence-electron chi connectivity index (χ0n) is 14.6. The van der Waals surface area contributed by atoms with Gasteiger partial charge in [0.15, 0.2) is 0 Å². The summed E-state index contributed by atoms with van der Waals surface area (Å²) in [6.07, 6.45) is 0.123. The minimum atomic E-state index is -0.426. The second kappa shape index (κ2) is 7.29. The van der Waals surface area contributed by atoms with Crippen molar-refractivity contribution in [1.82, 2.24) is 9.78 Å². The molecule has 0 bridgehead atoms. The largest absolute Gasteiger partial charge is 0.370 e. The molecule has 24 heavy (non-hydrogen) atoms. The molecule has 0 radical (unpaired) electrons. The number of carbonyl (C=O) groups is 2. The molecular formula is C18H24N4O2. The van der Waals surface area contributed by atoms with Crippen molar-refractivity contribution in [2.24, 2.45) is 12.8 Å². The molecule has 2 rings (SSSR count). The molecule has 6 nitrogen and oxygen atoms in total.